The monoisotopic (exact) mass is 286 g/mol. The molecule has 1 aromatic carbocycles. The van der Waals surface area contributed by atoms with E-state index in [4.69, 9.17) is 0 Å². The topological polar surface area (TPSA) is 20.2 Å². The van der Waals surface area contributed by atoms with Crippen LogP contribution in [0.15, 0.2) is 34.8 Å². The number of halogens is 2. The molecule has 0 aliphatic rings. The van der Waals surface area contributed by atoms with Crippen LogP contribution in [0.4, 0.5) is 4.39 Å². The van der Waals surface area contributed by atoms with Gasteiger partial charge in [-0.2, -0.15) is 0 Å². The molecule has 0 radical (unpaired) electrons. The van der Waals surface area contributed by atoms with Gasteiger partial charge in [0.2, 0.25) is 0 Å². The van der Waals surface area contributed by atoms with Crippen LogP contribution in [0.3, 0.4) is 0 Å². The van der Waals surface area contributed by atoms with E-state index < -0.39 is 6.10 Å². The van der Waals surface area contributed by atoms with Crippen LogP contribution >= 0.6 is 15.9 Å². The molecule has 1 rings (SSSR count). The Morgan fingerprint density at radius 2 is 2.12 bits per heavy atom. The summed E-state index contributed by atoms with van der Waals surface area (Å²) in [6.45, 7) is 4.16. The van der Waals surface area contributed by atoms with Gasteiger partial charge in [0.05, 0.1) is 10.6 Å². The highest BCUT2D eigenvalue weighted by Crippen LogP contribution is 2.23. The highest BCUT2D eigenvalue weighted by Gasteiger charge is 2.08. The maximum absolute atomic E-state index is 13.0. The molecule has 88 valence electrons. The molecule has 3 heteroatoms. The minimum Gasteiger partial charge on any atom is -0.388 e. The Kier molecular flexibility index (Phi) is 5.16. The van der Waals surface area contributed by atoms with E-state index in [-0.39, 0.29) is 5.82 Å². The van der Waals surface area contributed by atoms with Crippen LogP contribution in [-0.2, 0) is 0 Å². The lowest BCUT2D eigenvalue weighted by Gasteiger charge is -2.09. The molecule has 0 aliphatic carbocycles. The minimum absolute atomic E-state index is 0.311. The molecule has 16 heavy (non-hydrogen) atoms. The Labute approximate surface area is 104 Å². The predicted molar refractivity (Wildman–Crippen MR) is 67.7 cm³/mol. The van der Waals surface area contributed by atoms with Crippen LogP contribution in [0.5, 0.6) is 0 Å². The summed E-state index contributed by atoms with van der Waals surface area (Å²) in [7, 11) is 0. The summed E-state index contributed by atoms with van der Waals surface area (Å²) in [5.74, 6) is 0.167. The zero-order valence-electron chi connectivity index (χ0n) is 9.45. The summed E-state index contributed by atoms with van der Waals surface area (Å²) in [6.07, 6.45) is 3.97. The Morgan fingerprint density at radius 3 is 2.69 bits per heavy atom. The van der Waals surface area contributed by atoms with Gasteiger partial charge in [-0.05, 0) is 46.0 Å². The van der Waals surface area contributed by atoms with E-state index in [1.807, 2.05) is 12.2 Å². The summed E-state index contributed by atoms with van der Waals surface area (Å²) in [4.78, 5) is 0. The van der Waals surface area contributed by atoms with E-state index in [1.165, 1.54) is 6.07 Å². The number of allylic oxidation sites excluding steroid dienone is 1. The van der Waals surface area contributed by atoms with Crippen molar-refractivity contribution in [3.05, 3.63) is 46.2 Å². The SMILES string of the molecule is CC(C)/C=C\CC(O)c1ccc(F)c(Br)c1. The molecule has 0 amide bonds. The van der Waals surface area contributed by atoms with E-state index >= 15 is 0 Å². The van der Waals surface area contributed by atoms with Crippen molar-refractivity contribution in [2.75, 3.05) is 0 Å². The van der Waals surface area contributed by atoms with E-state index in [2.05, 4.69) is 29.8 Å². The predicted octanol–water partition coefficient (Wildman–Crippen LogP) is 4.22. The average molecular weight is 287 g/mol. The van der Waals surface area contributed by atoms with E-state index in [0.717, 1.165) is 5.56 Å². The van der Waals surface area contributed by atoms with Crippen molar-refractivity contribution in [2.45, 2.75) is 26.4 Å². The standard InChI is InChI=1S/C13H16BrFO/c1-9(2)4-3-5-13(16)10-6-7-12(15)11(14)8-10/h3-4,6-9,13,16H,5H2,1-2H3/b4-3-. The van der Waals surface area contributed by atoms with Crippen molar-refractivity contribution in [2.24, 2.45) is 5.92 Å². The van der Waals surface area contributed by atoms with Crippen molar-refractivity contribution in [1.82, 2.24) is 0 Å². The first-order valence-corrected chi connectivity index (χ1v) is 6.09. The molecule has 1 nitrogen and oxygen atoms in total. The van der Waals surface area contributed by atoms with Crippen molar-refractivity contribution >= 4 is 15.9 Å². The number of hydrogen-bond acceptors (Lipinski definition) is 1. The average Bonchev–Trinajstić information content (AvgIpc) is 2.21. The van der Waals surface area contributed by atoms with Gasteiger partial charge in [-0.1, -0.05) is 32.1 Å². The third kappa shape index (κ3) is 4.06. The fraction of sp³-hybridized carbons (Fsp3) is 0.385. The fourth-order valence-corrected chi connectivity index (χ4v) is 1.73. The molecule has 0 saturated heterocycles. The van der Waals surface area contributed by atoms with Gasteiger partial charge in [-0.3, -0.25) is 0 Å². The van der Waals surface area contributed by atoms with Gasteiger partial charge in [0, 0.05) is 0 Å². The number of aliphatic hydroxyl groups is 1. The Hall–Kier alpha value is -0.670. The quantitative estimate of drug-likeness (QED) is 0.822. The summed E-state index contributed by atoms with van der Waals surface area (Å²) < 4.78 is 13.4. The molecule has 0 aromatic heterocycles. The van der Waals surface area contributed by atoms with Gasteiger partial charge in [-0.25, -0.2) is 4.39 Å². The minimum atomic E-state index is -0.577. The second-order valence-electron chi connectivity index (χ2n) is 4.10. The summed E-state index contributed by atoms with van der Waals surface area (Å²) in [6, 6.07) is 4.58. The van der Waals surface area contributed by atoms with Crippen LogP contribution in [-0.4, -0.2) is 5.11 Å². The van der Waals surface area contributed by atoms with Crippen molar-refractivity contribution in [3.63, 3.8) is 0 Å². The van der Waals surface area contributed by atoms with E-state index in [9.17, 15) is 9.50 Å². The molecule has 0 spiro atoms. The normalized spacial score (nSPS) is 13.6. The van der Waals surface area contributed by atoms with Gasteiger partial charge < -0.3 is 5.11 Å². The van der Waals surface area contributed by atoms with Crippen molar-refractivity contribution < 1.29 is 9.50 Å². The number of rotatable bonds is 4. The van der Waals surface area contributed by atoms with Crippen LogP contribution in [0.2, 0.25) is 0 Å². The zero-order valence-corrected chi connectivity index (χ0v) is 11.0. The fourth-order valence-electron chi connectivity index (χ4n) is 1.34. The third-order valence-corrected chi connectivity index (χ3v) is 2.82. The third-order valence-electron chi connectivity index (χ3n) is 2.21. The molecule has 1 N–H and O–H groups in total. The lowest BCUT2D eigenvalue weighted by molar-refractivity contribution is 0.181. The number of aliphatic hydroxyl groups excluding tert-OH is 1. The molecular weight excluding hydrogens is 271 g/mol. The largest absolute Gasteiger partial charge is 0.388 e. The van der Waals surface area contributed by atoms with Crippen molar-refractivity contribution in [1.29, 1.82) is 0 Å². The lowest BCUT2D eigenvalue weighted by Crippen LogP contribution is -1.96. The Balaban J connectivity index is 2.66. The highest BCUT2D eigenvalue weighted by molar-refractivity contribution is 9.10. The van der Waals surface area contributed by atoms with Gasteiger partial charge in [0.1, 0.15) is 5.82 Å². The molecule has 0 bridgehead atoms. The summed E-state index contributed by atoms with van der Waals surface area (Å²) in [5, 5.41) is 9.85. The Morgan fingerprint density at radius 1 is 1.44 bits per heavy atom. The second kappa shape index (κ2) is 6.16. The molecule has 0 heterocycles. The molecular formula is C13H16BrFO. The van der Waals surface area contributed by atoms with Gasteiger partial charge in [-0.15, -0.1) is 0 Å². The van der Waals surface area contributed by atoms with Gasteiger partial charge in [0.15, 0.2) is 0 Å². The maximum atomic E-state index is 13.0. The second-order valence-corrected chi connectivity index (χ2v) is 4.95. The van der Waals surface area contributed by atoms with Crippen LogP contribution in [0.25, 0.3) is 0 Å². The van der Waals surface area contributed by atoms with Crippen molar-refractivity contribution in [3.8, 4) is 0 Å². The smallest absolute Gasteiger partial charge is 0.137 e. The van der Waals surface area contributed by atoms with Crippen LogP contribution in [0.1, 0.15) is 31.9 Å². The molecule has 0 saturated carbocycles. The first-order chi connectivity index (χ1) is 7.50. The van der Waals surface area contributed by atoms with E-state index in [1.54, 1.807) is 12.1 Å². The number of hydrogen-bond donors (Lipinski definition) is 1. The summed E-state index contributed by atoms with van der Waals surface area (Å²) in [5.41, 5.74) is 0.724. The lowest BCUT2D eigenvalue weighted by atomic mass is 10.1. The molecule has 1 atom stereocenters. The summed E-state index contributed by atoms with van der Waals surface area (Å²) >= 11 is 3.10. The van der Waals surface area contributed by atoms with Crippen LogP contribution < -0.4 is 0 Å². The molecule has 1 unspecified atom stereocenters. The number of benzene rings is 1. The molecule has 0 aliphatic heterocycles. The molecule has 1 aromatic rings. The Bertz CT molecular complexity index is 374. The first kappa shape index (κ1) is 13.4. The zero-order chi connectivity index (χ0) is 12.1. The maximum Gasteiger partial charge on any atom is 0.137 e. The van der Waals surface area contributed by atoms with Crippen LogP contribution in [0, 0.1) is 11.7 Å². The van der Waals surface area contributed by atoms with Gasteiger partial charge in [0.25, 0.3) is 0 Å². The highest BCUT2D eigenvalue weighted by atomic mass is 79.9. The van der Waals surface area contributed by atoms with Gasteiger partial charge >= 0.3 is 0 Å². The first-order valence-electron chi connectivity index (χ1n) is 5.30. The molecule has 0 fully saturated rings. The van der Waals surface area contributed by atoms with E-state index in [0.29, 0.717) is 16.8 Å².